The summed E-state index contributed by atoms with van der Waals surface area (Å²) >= 11 is 0. The Hall–Kier alpha value is -1.71. The first-order valence-electron chi connectivity index (χ1n) is 6.83. The van der Waals surface area contributed by atoms with Gasteiger partial charge in [-0.3, -0.25) is 0 Å². The SMILES string of the molecule is CCC(C)NC(=O)NCCc1ccc(N(C)C)cc1. The van der Waals surface area contributed by atoms with Gasteiger partial charge in [-0.15, -0.1) is 0 Å². The van der Waals surface area contributed by atoms with Crippen LogP contribution in [-0.2, 0) is 6.42 Å². The minimum Gasteiger partial charge on any atom is -0.378 e. The zero-order valence-corrected chi connectivity index (χ0v) is 12.4. The lowest BCUT2D eigenvalue weighted by molar-refractivity contribution is 0.237. The number of anilines is 1. The summed E-state index contributed by atoms with van der Waals surface area (Å²) in [6, 6.07) is 8.52. The second-order valence-electron chi connectivity index (χ2n) is 5.02. The normalized spacial score (nSPS) is 11.8. The molecule has 0 saturated heterocycles. The Kier molecular flexibility index (Phi) is 6.19. The summed E-state index contributed by atoms with van der Waals surface area (Å²) in [5.41, 5.74) is 2.42. The smallest absolute Gasteiger partial charge is 0.315 e. The van der Waals surface area contributed by atoms with Crippen LogP contribution in [0, 0.1) is 0 Å². The second kappa shape index (κ2) is 7.67. The van der Waals surface area contributed by atoms with Crippen LogP contribution < -0.4 is 15.5 Å². The van der Waals surface area contributed by atoms with Gasteiger partial charge in [-0.2, -0.15) is 0 Å². The topological polar surface area (TPSA) is 44.4 Å². The van der Waals surface area contributed by atoms with Crippen LogP contribution in [0.3, 0.4) is 0 Å². The molecule has 1 unspecified atom stereocenters. The lowest BCUT2D eigenvalue weighted by Gasteiger charge is -2.14. The van der Waals surface area contributed by atoms with Gasteiger partial charge in [0, 0.05) is 32.4 Å². The van der Waals surface area contributed by atoms with Gasteiger partial charge in [0.15, 0.2) is 0 Å². The van der Waals surface area contributed by atoms with Gasteiger partial charge in [0.25, 0.3) is 0 Å². The number of nitrogens with zero attached hydrogens (tertiary/aromatic N) is 1. The van der Waals surface area contributed by atoms with Crippen LogP contribution in [-0.4, -0.2) is 32.7 Å². The van der Waals surface area contributed by atoms with E-state index in [-0.39, 0.29) is 12.1 Å². The maximum absolute atomic E-state index is 11.5. The fourth-order valence-electron chi connectivity index (χ4n) is 1.66. The van der Waals surface area contributed by atoms with Crippen LogP contribution in [0.15, 0.2) is 24.3 Å². The summed E-state index contributed by atoms with van der Waals surface area (Å²) in [5, 5.41) is 5.76. The van der Waals surface area contributed by atoms with Crippen LogP contribution in [0.1, 0.15) is 25.8 Å². The van der Waals surface area contributed by atoms with Crippen molar-refractivity contribution in [2.24, 2.45) is 0 Å². The molecule has 4 heteroatoms. The molecular formula is C15H25N3O. The van der Waals surface area contributed by atoms with Gasteiger partial charge in [-0.1, -0.05) is 19.1 Å². The van der Waals surface area contributed by atoms with E-state index in [4.69, 9.17) is 0 Å². The number of amides is 2. The quantitative estimate of drug-likeness (QED) is 0.827. The van der Waals surface area contributed by atoms with Crippen molar-refractivity contribution >= 4 is 11.7 Å². The van der Waals surface area contributed by atoms with E-state index in [1.54, 1.807) is 0 Å². The van der Waals surface area contributed by atoms with E-state index in [2.05, 4.69) is 46.7 Å². The van der Waals surface area contributed by atoms with Crippen molar-refractivity contribution in [3.8, 4) is 0 Å². The highest BCUT2D eigenvalue weighted by Crippen LogP contribution is 2.12. The molecule has 1 rings (SSSR count). The number of benzene rings is 1. The van der Waals surface area contributed by atoms with Crippen molar-refractivity contribution in [1.82, 2.24) is 10.6 Å². The molecule has 0 aromatic heterocycles. The van der Waals surface area contributed by atoms with Crippen LogP contribution in [0.4, 0.5) is 10.5 Å². The average molecular weight is 263 g/mol. The van der Waals surface area contributed by atoms with Crippen molar-refractivity contribution in [1.29, 1.82) is 0 Å². The molecule has 0 saturated carbocycles. The Labute approximate surface area is 116 Å². The van der Waals surface area contributed by atoms with Crippen LogP contribution in [0.5, 0.6) is 0 Å². The first-order valence-corrected chi connectivity index (χ1v) is 6.83. The van der Waals surface area contributed by atoms with Gasteiger partial charge in [-0.05, 0) is 37.5 Å². The maximum atomic E-state index is 11.5. The molecule has 2 amide bonds. The van der Waals surface area contributed by atoms with Gasteiger partial charge in [-0.25, -0.2) is 4.79 Å². The Morgan fingerprint density at radius 1 is 1.26 bits per heavy atom. The third kappa shape index (κ3) is 5.64. The van der Waals surface area contributed by atoms with Gasteiger partial charge < -0.3 is 15.5 Å². The van der Waals surface area contributed by atoms with Crippen molar-refractivity contribution < 1.29 is 4.79 Å². The van der Waals surface area contributed by atoms with Crippen molar-refractivity contribution in [2.45, 2.75) is 32.7 Å². The number of carbonyl (C=O) groups is 1. The van der Waals surface area contributed by atoms with E-state index in [1.165, 1.54) is 11.3 Å². The van der Waals surface area contributed by atoms with Gasteiger partial charge in [0.1, 0.15) is 0 Å². The van der Waals surface area contributed by atoms with Gasteiger partial charge >= 0.3 is 6.03 Å². The zero-order valence-electron chi connectivity index (χ0n) is 12.4. The molecule has 1 aromatic rings. The Balaban J connectivity index is 2.31. The Morgan fingerprint density at radius 2 is 1.89 bits per heavy atom. The molecule has 1 aromatic carbocycles. The molecule has 2 N–H and O–H groups in total. The van der Waals surface area contributed by atoms with Crippen molar-refractivity contribution in [2.75, 3.05) is 25.5 Å². The van der Waals surface area contributed by atoms with E-state index in [1.807, 2.05) is 21.0 Å². The number of hydrogen-bond donors (Lipinski definition) is 2. The van der Waals surface area contributed by atoms with Crippen LogP contribution >= 0.6 is 0 Å². The van der Waals surface area contributed by atoms with Crippen molar-refractivity contribution in [3.63, 3.8) is 0 Å². The predicted octanol–water partition coefficient (Wildman–Crippen LogP) is 2.39. The first kappa shape index (κ1) is 15.3. The largest absolute Gasteiger partial charge is 0.378 e. The maximum Gasteiger partial charge on any atom is 0.315 e. The van der Waals surface area contributed by atoms with E-state index in [0.717, 1.165) is 12.8 Å². The van der Waals surface area contributed by atoms with E-state index in [9.17, 15) is 4.79 Å². The highest BCUT2D eigenvalue weighted by Gasteiger charge is 2.04. The highest BCUT2D eigenvalue weighted by molar-refractivity contribution is 5.74. The minimum absolute atomic E-state index is 0.0840. The second-order valence-corrected chi connectivity index (χ2v) is 5.02. The number of rotatable bonds is 6. The third-order valence-corrected chi connectivity index (χ3v) is 3.14. The van der Waals surface area contributed by atoms with E-state index >= 15 is 0 Å². The molecule has 0 bridgehead atoms. The lowest BCUT2D eigenvalue weighted by Crippen LogP contribution is -2.41. The number of urea groups is 1. The molecule has 0 aliphatic rings. The fourth-order valence-corrected chi connectivity index (χ4v) is 1.66. The summed E-state index contributed by atoms with van der Waals surface area (Å²) in [4.78, 5) is 13.6. The van der Waals surface area contributed by atoms with Gasteiger partial charge in [0.05, 0.1) is 0 Å². The Morgan fingerprint density at radius 3 is 2.42 bits per heavy atom. The molecule has 0 aliphatic carbocycles. The molecule has 106 valence electrons. The summed E-state index contributed by atoms with van der Waals surface area (Å²) in [7, 11) is 4.05. The molecule has 0 aliphatic heterocycles. The summed E-state index contributed by atoms with van der Waals surface area (Å²) < 4.78 is 0. The summed E-state index contributed by atoms with van der Waals surface area (Å²) in [6.07, 6.45) is 1.79. The number of carbonyl (C=O) groups excluding carboxylic acids is 1. The molecular weight excluding hydrogens is 238 g/mol. The lowest BCUT2D eigenvalue weighted by atomic mass is 10.1. The molecule has 19 heavy (non-hydrogen) atoms. The van der Waals surface area contributed by atoms with E-state index in [0.29, 0.717) is 6.54 Å². The van der Waals surface area contributed by atoms with Gasteiger partial charge in [0.2, 0.25) is 0 Å². The zero-order chi connectivity index (χ0) is 14.3. The standard InChI is InChI=1S/C15H25N3O/c1-5-12(2)17-15(19)16-11-10-13-6-8-14(9-7-13)18(3)4/h6-9,12H,5,10-11H2,1-4H3,(H2,16,17,19). The third-order valence-electron chi connectivity index (χ3n) is 3.14. The molecule has 0 spiro atoms. The Bertz CT molecular complexity index is 387. The van der Waals surface area contributed by atoms with E-state index < -0.39 is 0 Å². The molecule has 1 atom stereocenters. The minimum atomic E-state index is -0.0840. The summed E-state index contributed by atoms with van der Waals surface area (Å²) in [5.74, 6) is 0. The van der Waals surface area contributed by atoms with Crippen LogP contribution in [0.2, 0.25) is 0 Å². The number of nitrogens with one attached hydrogen (secondary N) is 2. The highest BCUT2D eigenvalue weighted by atomic mass is 16.2. The van der Waals surface area contributed by atoms with Crippen molar-refractivity contribution in [3.05, 3.63) is 29.8 Å². The van der Waals surface area contributed by atoms with Crippen LogP contribution in [0.25, 0.3) is 0 Å². The monoisotopic (exact) mass is 263 g/mol. The number of hydrogen-bond acceptors (Lipinski definition) is 2. The first-order chi connectivity index (χ1) is 9.02. The fraction of sp³-hybridized carbons (Fsp3) is 0.533. The molecule has 0 heterocycles. The molecule has 0 radical (unpaired) electrons. The average Bonchev–Trinajstić information content (AvgIpc) is 2.39. The molecule has 4 nitrogen and oxygen atoms in total. The summed E-state index contributed by atoms with van der Waals surface area (Å²) in [6.45, 7) is 4.71. The molecule has 0 fully saturated rings. The predicted molar refractivity (Wildman–Crippen MR) is 80.8 cm³/mol.